The van der Waals surface area contributed by atoms with E-state index < -0.39 is 0 Å². The molecule has 0 aromatic rings. The van der Waals surface area contributed by atoms with Gasteiger partial charge in [0.2, 0.25) is 0 Å². The standard InChI is InChI=1S/C13H21N3O/c1-8-2-4-9(5-3-8)11-12(14)15-13(17)16(11)10-6-7-10/h8-11H,2-7H2,1H3,(H2,14,15,17). The van der Waals surface area contributed by atoms with Gasteiger partial charge in [0.25, 0.3) is 0 Å². The van der Waals surface area contributed by atoms with Gasteiger partial charge in [0, 0.05) is 6.04 Å². The van der Waals surface area contributed by atoms with Crippen LogP contribution in [0.4, 0.5) is 4.79 Å². The van der Waals surface area contributed by atoms with Crippen molar-refractivity contribution >= 4 is 11.9 Å². The molecule has 0 radical (unpaired) electrons. The second-order valence-corrected chi connectivity index (χ2v) is 5.92. The number of amides is 2. The van der Waals surface area contributed by atoms with Crippen LogP contribution in [-0.2, 0) is 0 Å². The molecule has 4 nitrogen and oxygen atoms in total. The van der Waals surface area contributed by atoms with E-state index in [1.807, 2.05) is 4.90 Å². The first-order valence-electron chi connectivity index (χ1n) is 6.83. The number of nitrogens with zero attached hydrogens (tertiary/aromatic N) is 2. The SMILES string of the molecule is CC1CCC(C2C(N)=NC(=O)N2C2CC2)CC1. The van der Waals surface area contributed by atoms with E-state index in [4.69, 9.17) is 5.73 Å². The number of aliphatic imine (C=N–C) groups is 1. The molecule has 0 bridgehead atoms. The second-order valence-electron chi connectivity index (χ2n) is 5.92. The quantitative estimate of drug-likeness (QED) is 0.797. The van der Waals surface area contributed by atoms with Gasteiger partial charge in [-0.05, 0) is 37.5 Å². The number of hydrogen-bond donors (Lipinski definition) is 1. The summed E-state index contributed by atoms with van der Waals surface area (Å²) >= 11 is 0. The van der Waals surface area contributed by atoms with Crippen molar-refractivity contribution in [2.75, 3.05) is 0 Å². The highest BCUT2D eigenvalue weighted by atomic mass is 16.2. The van der Waals surface area contributed by atoms with Gasteiger partial charge in [-0.1, -0.05) is 19.8 Å². The Labute approximate surface area is 102 Å². The van der Waals surface area contributed by atoms with Crippen molar-refractivity contribution in [2.24, 2.45) is 22.6 Å². The van der Waals surface area contributed by atoms with Crippen LogP contribution in [0.2, 0.25) is 0 Å². The van der Waals surface area contributed by atoms with Gasteiger partial charge in [-0.2, -0.15) is 4.99 Å². The zero-order valence-corrected chi connectivity index (χ0v) is 10.4. The molecule has 2 aliphatic carbocycles. The first-order chi connectivity index (χ1) is 8.16. The van der Waals surface area contributed by atoms with Crippen molar-refractivity contribution < 1.29 is 4.79 Å². The number of urea groups is 1. The fraction of sp³-hybridized carbons (Fsp3) is 0.846. The maximum atomic E-state index is 11.8. The van der Waals surface area contributed by atoms with Crippen LogP contribution >= 0.6 is 0 Å². The minimum Gasteiger partial charge on any atom is -0.385 e. The zero-order valence-electron chi connectivity index (χ0n) is 10.4. The fourth-order valence-electron chi connectivity index (χ4n) is 3.30. The Kier molecular flexibility index (Phi) is 2.60. The Balaban J connectivity index is 1.75. The average Bonchev–Trinajstić information content (AvgIpc) is 3.07. The smallest absolute Gasteiger partial charge is 0.346 e. The molecule has 94 valence electrons. The molecule has 1 unspecified atom stereocenters. The highest BCUT2D eigenvalue weighted by Gasteiger charge is 2.46. The summed E-state index contributed by atoms with van der Waals surface area (Å²) in [5.41, 5.74) is 5.98. The molecule has 1 aliphatic heterocycles. The van der Waals surface area contributed by atoms with Gasteiger partial charge < -0.3 is 10.6 Å². The van der Waals surface area contributed by atoms with Crippen molar-refractivity contribution in [1.82, 2.24) is 4.90 Å². The summed E-state index contributed by atoms with van der Waals surface area (Å²) in [6.45, 7) is 2.31. The largest absolute Gasteiger partial charge is 0.385 e. The lowest BCUT2D eigenvalue weighted by atomic mass is 9.78. The third-order valence-corrected chi connectivity index (χ3v) is 4.50. The van der Waals surface area contributed by atoms with Gasteiger partial charge in [0.1, 0.15) is 5.84 Å². The molecule has 2 saturated carbocycles. The van der Waals surface area contributed by atoms with Gasteiger partial charge in [0.15, 0.2) is 0 Å². The molecule has 4 heteroatoms. The summed E-state index contributed by atoms with van der Waals surface area (Å²) < 4.78 is 0. The summed E-state index contributed by atoms with van der Waals surface area (Å²) in [5, 5.41) is 0. The monoisotopic (exact) mass is 235 g/mol. The Morgan fingerprint density at radius 3 is 2.41 bits per heavy atom. The summed E-state index contributed by atoms with van der Waals surface area (Å²) in [6, 6.07) is 0.452. The van der Waals surface area contributed by atoms with Crippen LogP contribution in [0, 0.1) is 11.8 Å². The average molecular weight is 235 g/mol. The molecule has 0 aromatic heterocycles. The molecule has 2 N–H and O–H groups in total. The minimum atomic E-state index is -0.0892. The number of hydrogen-bond acceptors (Lipinski definition) is 2. The van der Waals surface area contributed by atoms with Gasteiger partial charge in [-0.25, -0.2) is 4.79 Å². The fourth-order valence-corrected chi connectivity index (χ4v) is 3.30. The van der Waals surface area contributed by atoms with E-state index in [-0.39, 0.29) is 12.1 Å². The van der Waals surface area contributed by atoms with Crippen molar-refractivity contribution in [1.29, 1.82) is 0 Å². The predicted octanol–water partition coefficient (Wildman–Crippen LogP) is 2.14. The van der Waals surface area contributed by atoms with E-state index in [2.05, 4.69) is 11.9 Å². The molecular weight excluding hydrogens is 214 g/mol. The topological polar surface area (TPSA) is 58.7 Å². The maximum Gasteiger partial charge on any atom is 0.346 e. The van der Waals surface area contributed by atoms with Crippen molar-refractivity contribution in [3.8, 4) is 0 Å². The number of amidine groups is 1. The van der Waals surface area contributed by atoms with E-state index in [1.165, 1.54) is 25.7 Å². The summed E-state index contributed by atoms with van der Waals surface area (Å²) in [7, 11) is 0. The van der Waals surface area contributed by atoms with Crippen LogP contribution in [0.15, 0.2) is 4.99 Å². The van der Waals surface area contributed by atoms with Crippen molar-refractivity contribution in [3.63, 3.8) is 0 Å². The summed E-state index contributed by atoms with van der Waals surface area (Å²) in [5.74, 6) is 1.94. The molecule has 2 fully saturated rings. The van der Waals surface area contributed by atoms with Gasteiger partial charge in [-0.3, -0.25) is 0 Å². The van der Waals surface area contributed by atoms with Crippen LogP contribution in [0.25, 0.3) is 0 Å². The zero-order chi connectivity index (χ0) is 12.0. The van der Waals surface area contributed by atoms with Gasteiger partial charge in [-0.15, -0.1) is 0 Å². The molecule has 0 saturated heterocycles. The Morgan fingerprint density at radius 1 is 1.18 bits per heavy atom. The number of carbonyl (C=O) groups excluding carboxylic acids is 1. The van der Waals surface area contributed by atoms with Crippen LogP contribution in [0.5, 0.6) is 0 Å². The number of nitrogens with two attached hydrogens (primary N) is 1. The molecule has 0 spiro atoms. The molecule has 3 aliphatic rings. The van der Waals surface area contributed by atoms with Crippen LogP contribution in [0.3, 0.4) is 0 Å². The van der Waals surface area contributed by atoms with Crippen LogP contribution < -0.4 is 5.73 Å². The predicted molar refractivity (Wildman–Crippen MR) is 66.8 cm³/mol. The molecule has 2 amide bonds. The first-order valence-corrected chi connectivity index (χ1v) is 6.83. The lowest BCUT2D eigenvalue weighted by Crippen LogP contribution is -2.47. The second kappa shape index (κ2) is 4.00. The van der Waals surface area contributed by atoms with Gasteiger partial charge >= 0.3 is 6.03 Å². The van der Waals surface area contributed by atoms with Crippen LogP contribution in [-0.4, -0.2) is 28.9 Å². The van der Waals surface area contributed by atoms with Crippen molar-refractivity contribution in [2.45, 2.75) is 57.5 Å². The normalized spacial score (nSPS) is 38.4. The lowest BCUT2D eigenvalue weighted by Gasteiger charge is -2.35. The summed E-state index contributed by atoms with van der Waals surface area (Å²) in [4.78, 5) is 17.8. The van der Waals surface area contributed by atoms with Gasteiger partial charge in [0.05, 0.1) is 6.04 Å². The Hall–Kier alpha value is -1.06. The molecular formula is C13H21N3O. The summed E-state index contributed by atoms with van der Waals surface area (Å²) in [6.07, 6.45) is 7.18. The molecule has 17 heavy (non-hydrogen) atoms. The molecule has 1 atom stereocenters. The number of rotatable bonds is 2. The highest BCUT2D eigenvalue weighted by Crippen LogP contribution is 2.39. The minimum absolute atomic E-state index is 0.0892. The first kappa shape index (κ1) is 11.1. The van der Waals surface area contributed by atoms with E-state index in [0.717, 1.165) is 18.8 Å². The highest BCUT2D eigenvalue weighted by molar-refractivity contribution is 6.03. The molecule has 0 aromatic carbocycles. The molecule has 1 heterocycles. The maximum absolute atomic E-state index is 11.8. The molecule has 3 rings (SSSR count). The number of carbonyl (C=O) groups is 1. The Bertz CT molecular complexity index is 354. The van der Waals surface area contributed by atoms with E-state index in [0.29, 0.717) is 17.8 Å². The Morgan fingerprint density at radius 2 is 1.82 bits per heavy atom. The lowest BCUT2D eigenvalue weighted by molar-refractivity contribution is 0.162. The van der Waals surface area contributed by atoms with E-state index in [1.54, 1.807) is 0 Å². The van der Waals surface area contributed by atoms with E-state index in [9.17, 15) is 4.79 Å². The van der Waals surface area contributed by atoms with E-state index >= 15 is 0 Å². The van der Waals surface area contributed by atoms with Crippen LogP contribution in [0.1, 0.15) is 45.4 Å². The van der Waals surface area contributed by atoms with Crippen molar-refractivity contribution in [3.05, 3.63) is 0 Å². The third kappa shape index (κ3) is 1.94. The third-order valence-electron chi connectivity index (χ3n) is 4.50.